The topological polar surface area (TPSA) is 98.5 Å². The first kappa shape index (κ1) is 18.1. The molecule has 3 heterocycles. The molecule has 3 rings (SSSR count). The largest absolute Gasteiger partial charge is 0.490 e. The Bertz CT molecular complexity index is 717. The van der Waals surface area contributed by atoms with E-state index in [1.165, 1.54) is 0 Å². The highest BCUT2D eigenvalue weighted by molar-refractivity contribution is 5.79. The minimum Gasteiger partial charge on any atom is -0.490 e. The number of pyridine rings is 1. The number of hydrogen-bond donors (Lipinski definition) is 2. The van der Waals surface area contributed by atoms with E-state index in [0.29, 0.717) is 19.8 Å². The molecule has 1 atom stereocenters. The molecule has 0 saturated carbocycles. The standard InChI is InChI=1S/C17H25N7O2/c1-18-17(20-8-9-26-14-4-3-7-19-10-14)21-13-5-6-16-22-15(12-25-2)23-24(16)11-13/h3-4,7,10,13H,5-6,8-9,11-12H2,1-2H3,(H2,18,20,21). The smallest absolute Gasteiger partial charge is 0.191 e. The van der Waals surface area contributed by atoms with Gasteiger partial charge in [0.2, 0.25) is 0 Å². The fraction of sp³-hybridized carbons (Fsp3) is 0.529. The van der Waals surface area contributed by atoms with Crippen LogP contribution in [0.4, 0.5) is 0 Å². The van der Waals surface area contributed by atoms with Crippen LogP contribution in [0.1, 0.15) is 18.1 Å². The number of methoxy groups -OCH3 is 1. The second kappa shape index (κ2) is 9.14. The lowest BCUT2D eigenvalue weighted by Gasteiger charge is -2.25. The van der Waals surface area contributed by atoms with Gasteiger partial charge in [0.25, 0.3) is 0 Å². The summed E-state index contributed by atoms with van der Waals surface area (Å²) in [6, 6.07) is 3.99. The Kier molecular flexibility index (Phi) is 6.37. The van der Waals surface area contributed by atoms with Crippen molar-refractivity contribution in [3.63, 3.8) is 0 Å². The summed E-state index contributed by atoms with van der Waals surface area (Å²) >= 11 is 0. The third-order valence-electron chi connectivity index (χ3n) is 4.04. The van der Waals surface area contributed by atoms with Crippen LogP contribution in [0.2, 0.25) is 0 Å². The van der Waals surface area contributed by atoms with Crippen molar-refractivity contribution in [2.75, 3.05) is 27.3 Å². The number of nitrogens with one attached hydrogen (secondary N) is 2. The SMILES string of the molecule is CN=C(NCCOc1cccnc1)NC1CCc2nc(COC)nn2C1. The van der Waals surface area contributed by atoms with Gasteiger partial charge in [-0.3, -0.25) is 9.98 Å². The zero-order valence-electron chi connectivity index (χ0n) is 15.2. The molecular weight excluding hydrogens is 334 g/mol. The molecule has 0 fully saturated rings. The lowest BCUT2D eigenvalue weighted by atomic mass is 10.1. The minimum absolute atomic E-state index is 0.255. The Morgan fingerprint density at radius 2 is 2.38 bits per heavy atom. The molecular formula is C17H25N7O2. The molecule has 26 heavy (non-hydrogen) atoms. The number of nitrogens with zero attached hydrogens (tertiary/aromatic N) is 5. The number of hydrogen-bond acceptors (Lipinski definition) is 6. The summed E-state index contributed by atoms with van der Waals surface area (Å²) in [7, 11) is 3.41. The average molecular weight is 359 g/mol. The van der Waals surface area contributed by atoms with Crippen molar-refractivity contribution < 1.29 is 9.47 Å². The molecule has 1 unspecified atom stereocenters. The van der Waals surface area contributed by atoms with Gasteiger partial charge in [-0.1, -0.05) is 0 Å². The van der Waals surface area contributed by atoms with Gasteiger partial charge in [0.1, 0.15) is 24.8 Å². The van der Waals surface area contributed by atoms with Crippen LogP contribution < -0.4 is 15.4 Å². The maximum Gasteiger partial charge on any atom is 0.191 e. The van der Waals surface area contributed by atoms with Crippen LogP contribution in [0.15, 0.2) is 29.5 Å². The summed E-state index contributed by atoms with van der Waals surface area (Å²) in [4.78, 5) is 12.8. The molecule has 0 saturated heterocycles. The lowest BCUT2D eigenvalue weighted by molar-refractivity contribution is 0.177. The van der Waals surface area contributed by atoms with E-state index in [9.17, 15) is 0 Å². The molecule has 140 valence electrons. The zero-order chi connectivity index (χ0) is 18.2. The molecule has 0 aromatic carbocycles. The van der Waals surface area contributed by atoms with Gasteiger partial charge in [-0.25, -0.2) is 9.67 Å². The fourth-order valence-electron chi connectivity index (χ4n) is 2.83. The van der Waals surface area contributed by atoms with Crippen LogP contribution in [-0.4, -0.2) is 59.1 Å². The average Bonchev–Trinajstić information content (AvgIpc) is 3.07. The van der Waals surface area contributed by atoms with Gasteiger partial charge in [0.15, 0.2) is 11.8 Å². The zero-order valence-corrected chi connectivity index (χ0v) is 15.2. The molecule has 0 spiro atoms. The molecule has 1 aliphatic heterocycles. The van der Waals surface area contributed by atoms with Crippen molar-refractivity contribution in [1.29, 1.82) is 0 Å². The Morgan fingerprint density at radius 3 is 3.15 bits per heavy atom. The number of aryl methyl sites for hydroxylation is 1. The van der Waals surface area contributed by atoms with E-state index in [1.807, 2.05) is 16.8 Å². The number of aromatic nitrogens is 4. The van der Waals surface area contributed by atoms with E-state index in [4.69, 9.17) is 9.47 Å². The summed E-state index contributed by atoms with van der Waals surface area (Å²) in [6.45, 7) is 2.38. The summed E-state index contributed by atoms with van der Waals surface area (Å²) in [6.07, 6.45) is 5.29. The maximum absolute atomic E-state index is 5.62. The van der Waals surface area contributed by atoms with Gasteiger partial charge in [-0.2, -0.15) is 5.10 Å². The van der Waals surface area contributed by atoms with Crippen LogP contribution in [0.25, 0.3) is 0 Å². The molecule has 0 amide bonds. The van der Waals surface area contributed by atoms with Gasteiger partial charge in [-0.15, -0.1) is 0 Å². The lowest BCUT2D eigenvalue weighted by Crippen LogP contribution is -2.47. The highest BCUT2D eigenvalue weighted by atomic mass is 16.5. The van der Waals surface area contributed by atoms with Crippen molar-refractivity contribution in [3.05, 3.63) is 36.2 Å². The Labute approximate surface area is 152 Å². The monoisotopic (exact) mass is 359 g/mol. The first-order valence-corrected chi connectivity index (χ1v) is 8.70. The van der Waals surface area contributed by atoms with Gasteiger partial charge in [-0.05, 0) is 18.6 Å². The van der Waals surface area contributed by atoms with Crippen molar-refractivity contribution in [3.8, 4) is 5.75 Å². The quantitative estimate of drug-likeness (QED) is 0.419. The number of aliphatic imine (C=N–C) groups is 1. The Morgan fingerprint density at radius 1 is 1.46 bits per heavy atom. The third-order valence-corrected chi connectivity index (χ3v) is 4.04. The highest BCUT2D eigenvalue weighted by Gasteiger charge is 2.22. The maximum atomic E-state index is 5.62. The van der Waals surface area contributed by atoms with E-state index in [1.54, 1.807) is 26.6 Å². The minimum atomic E-state index is 0.255. The van der Waals surface area contributed by atoms with Crippen molar-refractivity contribution in [1.82, 2.24) is 30.4 Å². The predicted molar refractivity (Wildman–Crippen MR) is 97.1 cm³/mol. The van der Waals surface area contributed by atoms with Crippen LogP contribution in [0.5, 0.6) is 5.75 Å². The summed E-state index contributed by atoms with van der Waals surface area (Å²) in [5.74, 6) is 3.27. The Hall–Kier alpha value is -2.68. The van der Waals surface area contributed by atoms with E-state index < -0.39 is 0 Å². The Balaban J connectivity index is 1.43. The van der Waals surface area contributed by atoms with E-state index in [2.05, 4.69) is 30.7 Å². The van der Waals surface area contributed by atoms with Gasteiger partial charge in [0, 0.05) is 32.8 Å². The van der Waals surface area contributed by atoms with Crippen molar-refractivity contribution in [2.45, 2.75) is 32.0 Å². The molecule has 0 radical (unpaired) electrons. The van der Waals surface area contributed by atoms with Crippen molar-refractivity contribution in [2.24, 2.45) is 4.99 Å². The first-order valence-electron chi connectivity index (χ1n) is 8.70. The van der Waals surface area contributed by atoms with Gasteiger partial charge < -0.3 is 20.1 Å². The fourth-order valence-corrected chi connectivity index (χ4v) is 2.83. The summed E-state index contributed by atoms with van der Waals surface area (Å²) in [5.41, 5.74) is 0. The van der Waals surface area contributed by atoms with Crippen LogP contribution in [-0.2, 0) is 24.3 Å². The summed E-state index contributed by atoms with van der Waals surface area (Å²) < 4.78 is 12.7. The first-order chi connectivity index (χ1) is 12.8. The molecule has 2 N–H and O–H groups in total. The predicted octanol–water partition coefficient (Wildman–Crippen LogP) is 0.378. The molecule has 2 aromatic rings. The molecule has 2 aromatic heterocycles. The normalized spacial score (nSPS) is 16.8. The van der Waals surface area contributed by atoms with Crippen LogP contribution >= 0.6 is 0 Å². The molecule has 1 aliphatic rings. The molecule has 9 heteroatoms. The number of fused-ring (bicyclic) bond motifs is 1. The van der Waals surface area contributed by atoms with E-state index >= 15 is 0 Å². The highest BCUT2D eigenvalue weighted by Crippen LogP contribution is 2.13. The number of ether oxygens (including phenoxy) is 2. The molecule has 0 bridgehead atoms. The van der Waals surface area contributed by atoms with Gasteiger partial charge >= 0.3 is 0 Å². The molecule has 9 nitrogen and oxygen atoms in total. The second-order valence-electron chi connectivity index (χ2n) is 5.98. The number of guanidine groups is 1. The summed E-state index contributed by atoms with van der Waals surface area (Å²) in [5, 5.41) is 11.2. The van der Waals surface area contributed by atoms with E-state index in [0.717, 1.165) is 42.7 Å². The number of rotatable bonds is 7. The van der Waals surface area contributed by atoms with E-state index in [-0.39, 0.29) is 6.04 Å². The second-order valence-corrected chi connectivity index (χ2v) is 5.98. The van der Waals surface area contributed by atoms with Crippen LogP contribution in [0.3, 0.4) is 0 Å². The van der Waals surface area contributed by atoms with Crippen molar-refractivity contribution >= 4 is 5.96 Å². The van der Waals surface area contributed by atoms with Crippen LogP contribution in [0, 0.1) is 0 Å². The van der Waals surface area contributed by atoms with Gasteiger partial charge in [0.05, 0.1) is 19.3 Å². The third kappa shape index (κ3) is 4.92. The molecule has 0 aliphatic carbocycles.